The first-order valence-electron chi connectivity index (χ1n) is 9.63. The van der Waals surface area contributed by atoms with E-state index in [4.69, 9.17) is 0 Å². The monoisotopic (exact) mass is 380 g/mol. The van der Waals surface area contributed by atoms with Crippen molar-refractivity contribution in [2.75, 3.05) is 0 Å². The van der Waals surface area contributed by atoms with Crippen LogP contribution in [0.4, 0.5) is 0 Å². The number of hydrogen-bond acceptors (Lipinski definition) is 1. The molecule has 0 unspecified atom stereocenters. The van der Waals surface area contributed by atoms with E-state index < -0.39 is 0 Å². The molecule has 1 aliphatic carbocycles. The quantitative estimate of drug-likeness (QED) is 0.442. The molecule has 1 aromatic rings. The summed E-state index contributed by atoms with van der Waals surface area (Å²) in [5.41, 5.74) is 1.94. The van der Waals surface area contributed by atoms with Crippen molar-refractivity contribution in [2.45, 2.75) is 90.4 Å². The average molecular weight is 381 g/mol. The Morgan fingerprint density at radius 1 is 1.00 bits per heavy atom. The fourth-order valence-electron chi connectivity index (χ4n) is 4.15. The molecule has 0 amide bonds. The van der Waals surface area contributed by atoms with Gasteiger partial charge in [-0.05, 0) is 71.1 Å². The Bertz CT molecular complexity index is 463. The van der Waals surface area contributed by atoms with Gasteiger partial charge in [-0.15, -0.1) is 0 Å². The number of aromatic hydroxyl groups is 1. The number of hydrogen-bond donors (Lipinski definition) is 1. The third-order valence-corrected chi connectivity index (χ3v) is 6.32. The topological polar surface area (TPSA) is 20.2 Å². The standard InChI is InChI=1S/C21H33BrO/c1-2-3-4-5-7-13-21(14-8-6-9-15-21)16-12-18-10-11-20(23)19(22)17-18/h10-11,17,23H,2-9,12-16H2,1H3. The summed E-state index contributed by atoms with van der Waals surface area (Å²) in [7, 11) is 0. The second-order valence-electron chi connectivity index (χ2n) is 7.51. The molecule has 1 fully saturated rings. The molecule has 0 radical (unpaired) electrons. The van der Waals surface area contributed by atoms with Crippen molar-refractivity contribution in [1.82, 2.24) is 0 Å². The van der Waals surface area contributed by atoms with E-state index in [1.807, 2.05) is 6.07 Å². The number of phenolic OH excluding ortho intramolecular Hbond substituents is 1. The van der Waals surface area contributed by atoms with Crippen LogP contribution in [0.25, 0.3) is 0 Å². The molecule has 2 heteroatoms. The molecule has 1 nitrogen and oxygen atoms in total. The van der Waals surface area contributed by atoms with Gasteiger partial charge in [-0.1, -0.05) is 64.4 Å². The van der Waals surface area contributed by atoms with Crippen molar-refractivity contribution in [3.05, 3.63) is 28.2 Å². The lowest BCUT2D eigenvalue weighted by molar-refractivity contribution is 0.152. The number of benzene rings is 1. The van der Waals surface area contributed by atoms with Gasteiger partial charge in [0.2, 0.25) is 0 Å². The fourth-order valence-corrected chi connectivity index (χ4v) is 4.57. The Morgan fingerprint density at radius 2 is 1.74 bits per heavy atom. The molecule has 0 bridgehead atoms. The first-order chi connectivity index (χ1) is 11.2. The molecule has 0 saturated heterocycles. The minimum atomic E-state index is 0.344. The van der Waals surface area contributed by atoms with Crippen LogP contribution in [0.2, 0.25) is 0 Å². The Balaban J connectivity index is 1.88. The van der Waals surface area contributed by atoms with Crippen LogP contribution in [0, 0.1) is 5.41 Å². The summed E-state index contributed by atoms with van der Waals surface area (Å²) >= 11 is 3.44. The van der Waals surface area contributed by atoms with Gasteiger partial charge in [-0.25, -0.2) is 0 Å². The van der Waals surface area contributed by atoms with E-state index >= 15 is 0 Å². The number of rotatable bonds is 9. The summed E-state index contributed by atoms with van der Waals surface area (Å²) in [5, 5.41) is 9.65. The van der Waals surface area contributed by atoms with Crippen LogP contribution < -0.4 is 0 Å². The highest BCUT2D eigenvalue weighted by atomic mass is 79.9. The van der Waals surface area contributed by atoms with E-state index in [0.29, 0.717) is 11.2 Å². The van der Waals surface area contributed by atoms with E-state index in [9.17, 15) is 5.11 Å². The zero-order valence-corrected chi connectivity index (χ0v) is 16.3. The van der Waals surface area contributed by atoms with E-state index in [1.165, 1.54) is 82.6 Å². The maximum atomic E-state index is 9.65. The highest BCUT2D eigenvalue weighted by Gasteiger charge is 2.30. The van der Waals surface area contributed by atoms with Crippen LogP contribution in [-0.2, 0) is 6.42 Å². The maximum absolute atomic E-state index is 9.65. The van der Waals surface area contributed by atoms with Crippen molar-refractivity contribution in [3.8, 4) is 5.75 Å². The Labute approximate surface area is 151 Å². The lowest BCUT2D eigenvalue weighted by Crippen LogP contribution is -2.25. The van der Waals surface area contributed by atoms with Crippen LogP contribution in [0.15, 0.2) is 22.7 Å². The van der Waals surface area contributed by atoms with Gasteiger partial charge in [-0.3, -0.25) is 0 Å². The molecule has 0 spiro atoms. The minimum Gasteiger partial charge on any atom is -0.507 e. The fraction of sp³-hybridized carbons (Fsp3) is 0.714. The van der Waals surface area contributed by atoms with Crippen molar-refractivity contribution >= 4 is 15.9 Å². The summed E-state index contributed by atoms with van der Waals surface area (Å²) in [4.78, 5) is 0. The molecule has 0 aromatic heterocycles. The normalized spacial score (nSPS) is 17.3. The van der Waals surface area contributed by atoms with Gasteiger partial charge < -0.3 is 5.11 Å². The van der Waals surface area contributed by atoms with Crippen LogP contribution in [0.1, 0.15) is 89.5 Å². The summed E-state index contributed by atoms with van der Waals surface area (Å²) < 4.78 is 0.826. The molecule has 0 heterocycles. The predicted octanol–water partition coefficient (Wildman–Crippen LogP) is 7.40. The third kappa shape index (κ3) is 6.14. The van der Waals surface area contributed by atoms with Gasteiger partial charge in [0.15, 0.2) is 0 Å². The predicted molar refractivity (Wildman–Crippen MR) is 103 cm³/mol. The Morgan fingerprint density at radius 3 is 2.43 bits per heavy atom. The van der Waals surface area contributed by atoms with Crippen molar-refractivity contribution in [2.24, 2.45) is 5.41 Å². The summed E-state index contributed by atoms with van der Waals surface area (Å²) in [6, 6.07) is 5.99. The molecular formula is C21H33BrO. The van der Waals surface area contributed by atoms with Crippen LogP contribution in [-0.4, -0.2) is 5.11 Å². The van der Waals surface area contributed by atoms with Crippen molar-refractivity contribution in [3.63, 3.8) is 0 Å². The van der Waals surface area contributed by atoms with Crippen LogP contribution >= 0.6 is 15.9 Å². The smallest absolute Gasteiger partial charge is 0.129 e. The summed E-state index contributed by atoms with van der Waals surface area (Å²) in [5.74, 6) is 0.344. The zero-order valence-electron chi connectivity index (χ0n) is 14.7. The van der Waals surface area contributed by atoms with Gasteiger partial charge in [0.1, 0.15) is 5.75 Å². The second-order valence-corrected chi connectivity index (χ2v) is 8.36. The van der Waals surface area contributed by atoms with Gasteiger partial charge in [0.05, 0.1) is 4.47 Å². The summed E-state index contributed by atoms with van der Waals surface area (Å²) in [6.07, 6.45) is 18.0. The first-order valence-corrected chi connectivity index (χ1v) is 10.4. The molecule has 1 aromatic carbocycles. The van der Waals surface area contributed by atoms with Crippen molar-refractivity contribution < 1.29 is 5.11 Å². The lowest BCUT2D eigenvalue weighted by atomic mass is 9.68. The number of unbranched alkanes of at least 4 members (excludes halogenated alkanes) is 4. The average Bonchev–Trinajstić information content (AvgIpc) is 2.57. The largest absolute Gasteiger partial charge is 0.507 e. The van der Waals surface area contributed by atoms with Crippen molar-refractivity contribution in [1.29, 1.82) is 0 Å². The summed E-state index contributed by atoms with van der Waals surface area (Å²) in [6.45, 7) is 2.29. The van der Waals surface area contributed by atoms with E-state index in [-0.39, 0.29) is 0 Å². The highest BCUT2D eigenvalue weighted by molar-refractivity contribution is 9.10. The number of aryl methyl sites for hydroxylation is 1. The van der Waals surface area contributed by atoms with Crippen LogP contribution in [0.5, 0.6) is 5.75 Å². The van der Waals surface area contributed by atoms with E-state index in [1.54, 1.807) is 0 Å². The van der Waals surface area contributed by atoms with Gasteiger partial charge in [0, 0.05) is 0 Å². The molecule has 1 saturated carbocycles. The minimum absolute atomic E-state index is 0.344. The molecule has 0 aliphatic heterocycles. The van der Waals surface area contributed by atoms with Crippen LogP contribution in [0.3, 0.4) is 0 Å². The Kier molecular flexibility index (Phi) is 7.95. The molecule has 2 rings (SSSR count). The van der Waals surface area contributed by atoms with Gasteiger partial charge in [-0.2, -0.15) is 0 Å². The molecule has 23 heavy (non-hydrogen) atoms. The van der Waals surface area contributed by atoms with E-state index in [0.717, 1.165) is 10.9 Å². The molecule has 0 atom stereocenters. The molecule has 1 N–H and O–H groups in total. The zero-order chi connectivity index (χ0) is 16.5. The highest BCUT2D eigenvalue weighted by Crippen LogP contribution is 2.44. The second kappa shape index (κ2) is 9.71. The van der Waals surface area contributed by atoms with Gasteiger partial charge in [0.25, 0.3) is 0 Å². The molecule has 130 valence electrons. The maximum Gasteiger partial charge on any atom is 0.129 e. The number of phenols is 1. The third-order valence-electron chi connectivity index (χ3n) is 5.68. The Hall–Kier alpha value is -0.500. The number of halogens is 1. The first kappa shape index (κ1) is 18.8. The molecular weight excluding hydrogens is 348 g/mol. The SMILES string of the molecule is CCCCCCCC1(CCc2ccc(O)c(Br)c2)CCCCC1. The molecule has 1 aliphatic rings. The van der Waals surface area contributed by atoms with E-state index in [2.05, 4.69) is 35.0 Å². The lowest BCUT2D eigenvalue weighted by Gasteiger charge is -2.38. The van der Waals surface area contributed by atoms with Gasteiger partial charge >= 0.3 is 0 Å².